The van der Waals surface area contributed by atoms with E-state index in [9.17, 15) is 34.3 Å². The van der Waals surface area contributed by atoms with E-state index < -0.39 is 42.3 Å². The minimum Gasteiger partial charge on any atom is -0.482 e. The number of furan rings is 1. The van der Waals surface area contributed by atoms with Gasteiger partial charge in [0.15, 0.2) is 12.4 Å². The maximum atomic E-state index is 12.8. The lowest BCUT2D eigenvalue weighted by Crippen LogP contribution is -2.47. The minimum absolute atomic E-state index is 0.00712. The van der Waals surface area contributed by atoms with E-state index in [1.54, 1.807) is 6.92 Å². The van der Waals surface area contributed by atoms with Crippen molar-refractivity contribution in [2.45, 2.75) is 52.0 Å². The summed E-state index contributed by atoms with van der Waals surface area (Å²) in [7, 11) is 0. The number of benzene rings is 1. The highest BCUT2D eigenvalue weighted by atomic mass is 16.5. The van der Waals surface area contributed by atoms with Gasteiger partial charge in [-0.2, -0.15) is 0 Å². The summed E-state index contributed by atoms with van der Waals surface area (Å²) >= 11 is 0. The first-order valence-electron chi connectivity index (χ1n) is 12.4. The van der Waals surface area contributed by atoms with Gasteiger partial charge in [0.05, 0.1) is 24.2 Å². The van der Waals surface area contributed by atoms with Gasteiger partial charge in [-0.05, 0) is 43.2 Å². The zero-order valence-corrected chi connectivity index (χ0v) is 21.7. The highest BCUT2D eigenvalue weighted by Gasteiger charge is 2.30. The van der Waals surface area contributed by atoms with Gasteiger partial charge < -0.3 is 30.0 Å². The largest absolute Gasteiger partial charge is 0.482 e. The molecular weight excluding hydrogens is 514 g/mol. The first-order valence-corrected chi connectivity index (χ1v) is 12.4. The number of carbonyl (C=O) groups is 5. The Morgan fingerprint density at radius 1 is 1.08 bits per heavy atom. The number of carboxylic acids is 2. The third kappa shape index (κ3) is 9.14. The van der Waals surface area contributed by atoms with Gasteiger partial charge in [0.25, 0.3) is 5.91 Å². The van der Waals surface area contributed by atoms with Crippen LogP contribution in [0.3, 0.4) is 0 Å². The van der Waals surface area contributed by atoms with E-state index in [1.807, 2.05) is 6.92 Å². The summed E-state index contributed by atoms with van der Waals surface area (Å²) in [4.78, 5) is 58.7. The average Bonchev–Trinajstić information content (AvgIpc) is 3.41. The molecule has 3 amide bonds. The van der Waals surface area contributed by atoms with Gasteiger partial charge in [-0.25, -0.2) is 14.7 Å². The molecule has 13 nitrogen and oxygen atoms in total. The van der Waals surface area contributed by atoms with Crippen molar-refractivity contribution in [2.75, 3.05) is 13.3 Å². The topological polar surface area (TPSA) is 196 Å². The van der Waals surface area contributed by atoms with E-state index >= 15 is 0 Å². The molecule has 1 heterocycles. The predicted octanol–water partition coefficient (Wildman–Crippen LogP) is 2.73. The molecule has 0 aliphatic heterocycles. The summed E-state index contributed by atoms with van der Waals surface area (Å²) in [6.45, 7) is 2.84. The van der Waals surface area contributed by atoms with E-state index in [-0.39, 0.29) is 41.5 Å². The number of hydrogen-bond acceptors (Lipinski definition) is 8. The van der Waals surface area contributed by atoms with Gasteiger partial charge in [0.2, 0.25) is 12.3 Å². The highest BCUT2D eigenvalue weighted by Crippen LogP contribution is 2.28. The lowest BCUT2D eigenvalue weighted by molar-refractivity contribution is -0.168. The molecule has 0 unspecified atom stereocenters. The van der Waals surface area contributed by atoms with Crippen LogP contribution >= 0.6 is 0 Å². The number of rotatable bonds is 17. The molecule has 13 heteroatoms. The number of aliphatic carboxylic acids is 1. The van der Waals surface area contributed by atoms with Crippen LogP contribution in [0.2, 0.25) is 0 Å². The van der Waals surface area contributed by atoms with Gasteiger partial charge in [-0.3, -0.25) is 19.6 Å². The number of ether oxygens (including phenoxy) is 1. The molecule has 1 aromatic heterocycles. The fourth-order valence-corrected chi connectivity index (χ4v) is 3.98. The number of nitrogens with one attached hydrogen (secondary N) is 2. The summed E-state index contributed by atoms with van der Waals surface area (Å²) in [6, 6.07) is 5.89. The Balaban J connectivity index is 2.08. The van der Waals surface area contributed by atoms with Crippen molar-refractivity contribution in [2.24, 2.45) is 5.92 Å². The smallest absolute Gasteiger partial charge is 0.341 e. The van der Waals surface area contributed by atoms with Crippen LogP contribution in [-0.4, -0.2) is 70.0 Å². The molecule has 39 heavy (non-hydrogen) atoms. The normalized spacial score (nSPS) is 12.2. The third-order valence-electron chi connectivity index (χ3n) is 5.93. The molecule has 0 radical (unpaired) electrons. The second-order valence-electron chi connectivity index (χ2n) is 8.68. The third-order valence-corrected chi connectivity index (χ3v) is 5.93. The maximum Gasteiger partial charge on any atom is 0.341 e. The van der Waals surface area contributed by atoms with Crippen LogP contribution in [0.5, 0.6) is 5.75 Å². The molecule has 2 rings (SSSR count). The second-order valence-corrected chi connectivity index (χ2v) is 8.68. The van der Waals surface area contributed by atoms with Crippen molar-refractivity contribution in [1.29, 1.82) is 0 Å². The van der Waals surface area contributed by atoms with Crippen LogP contribution in [0.1, 0.15) is 66.9 Å². The fourth-order valence-electron chi connectivity index (χ4n) is 3.98. The van der Waals surface area contributed by atoms with Crippen molar-refractivity contribution >= 4 is 30.2 Å². The van der Waals surface area contributed by atoms with E-state index in [1.165, 1.54) is 24.3 Å². The van der Waals surface area contributed by atoms with Crippen molar-refractivity contribution in [3.05, 3.63) is 41.7 Å². The molecule has 5 N–H and O–H groups in total. The maximum absolute atomic E-state index is 12.8. The second kappa shape index (κ2) is 15.1. The van der Waals surface area contributed by atoms with Crippen LogP contribution < -0.4 is 15.4 Å². The Morgan fingerprint density at radius 3 is 2.44 bits per heavy atom. The lowest BCUT2D eigenvalue weighted by Gasteiger charge is -2.29. The molecule has 0 bridgehead atoms. The number of unbranched alkanes of at least 4 members (excludes halogenated alkanes) is 2. The van der Waals surface area contributed by atoms with Gasteiger partial charge >= 0.3 is 11.9 Å². The Hall–Kier alpha value is -4.39. The molecule has 0 spiro atoms. The van der Waals surface area contributed by atoms with Gasteiger partial charge in [-0.15, -0.1) is 0 Å². The molecule has 212 valence electrons. The number of carbonyl (C=O) groups excluding carboxylic acids is 3. The van der Waals surface area contributed by atoms with Crippen LogP contribution in [0.4, 0.5) is 0 Å². The van der Waals surface area contributed by atoms with Crippen LogP contribution in [0.25, 0.3) is 11.3 Å². The lowest BCUT2D eigenvalue weighted by atomic mass is 9.90. The van der Waals surface area contributed by atoms with E-state index in [2.05, 4.69) is 10.6 Å². The summed E-state index contributed by atoms with van der Waals surface area (Å²) in [6.07, 6.45) is 3.61. The summed E-state index contributed by atoms with van der Waals surface area (Å²) in [5, 5.41) is 33.7. The van der Waals surface area contributed by atoms with E-state index in [0.717, 1.165) is 25.3 Å². The fraction of sp³-hybridized carbons (Fsp3) is 0.423. The standard InChI is InChI=1S/C26H33N3O10/c1-3-5-6-7-19(20(4-2)29(37)15-30)24(33)27-14-28-25(34)22-9-8-21(39-22)16-10-17(26(35)36)12-18(11-16)38-13-23(31)32/h8-12,15,19-20,37H,3-7,13-14H2,1-2H3,(H,27,33)(H,28,34)(H,31,32)(H,35,36)/t19-,20-/m1/s1. The molecule has 2 aromatic rings. The predicted molar refractivity (Wildman–Crippen MR) is 136 cm³/mol. The van der Waals surface area contributed by atoms with Crippen molar-refractivity contribution < 1.29 is 48.5 Å². The van der Waals surface area contributed by atoms with Crippen molar-refractivity contribution in [3.63, 3.8) is 0 Å². The van der Waals surface area contributed by atoms with E-state index in [0.29, 0.717) is 17.9 Å². The molecule has 2 atom stereocenters. The Labute approximate surface area is 224 Å². The number of amides is 3. The van der Waals surface area contributed by atoms with Crippen LogP contribution in [-0.2, 0) is 14.4 Å². The number of hydroxylamine groups is 2. The summed E-state index contributed by atoms with van der Waals surface area (Å²) in [5.41, 5.74) is 0.0693. The van der Waals surface area contributed by atoms with Gasteiger partial charge in [-0.1, -0.05) is 33.1 Å². The summed E-state index contributed by atoms with van der Waals surface area (Å²) in [5.74, 6) is -4.28. The van der Waals surface area contributed by atoms with Gasteiger partial charge in [0.1, 0.15) is 11.5 Å². The number of aromatic carboxylic acids is 1. The average molecular weight is 548 g/mol. The zero-order chi connectivity index (χ0) is 28.9. The van der Waals surface area contributed by atoms with Crippen LogP contribution in [0, 0.1) is 5.92 Å². The molecule has 0 saturated heterocycles. The van der Waals surface area contributed by atoms with Crippen molar-refractivity contribution in [3.8, 4) is 17.1 Å². The SMILES string of the molecule is CCCCC[C@@H](C(=O)NCNC(=O)c1ccc(-c2cc(OCC(=O)O)cc(C(=O)O)c2)o1)[C@@H](CC)N(O)C=O. The molecule has 1 aromatic carbocycles. The minimum atomic E-state index is -1.27. The molecule has 0 fully saturated rings. The number of carboxylic acid groups (broad SMARTS) is 2. The highest BCUT2D eigenvalue weighted by molar-refractivity contribution is 5.93. The van der Waals surface area contributed by atoms with Crippen LogP contribution in [0.15, 0.2) is 34.7 Å². The molecular formula is C26H33N3O10. The molecule has 0 aliphatic carbocycles. The Kier molecular flexibility index (Phi) is 12.0. The van der Waals surface area contributed by atoms with Gasteiger partial charge in [0, 0.05) is 5.56 Å². The quantitative estimate of drug-likeness (QED) is 0.0646. The number of hydrogen-bond donors (Lipinski definition) is 5. The molecule has 0 aliphatic rings. The number of nitrogens with zero attached hydrogens (tertiary/aromatic N) is 1. The van der Waals surface area contributed by atoms with Crippen molar-refractivity contribution in [1.82, 2.24) is 15.7 Å². The summed E-state index contributed by atoms with van der Waals surface area (Å²) < 4.78 is 10.6. The first kappa shape index (κ1) is 30.8. The Morgan fingerprint density at radius 2 is 1.82 bits per heavy atom. The Bertz CT molecular complexity index is 1160. The van der Waals surface area contributed by atoms with E-state index in [4.69, 9.17) is 14.3 Å². The first-order chi connectivity index (χ1) is 18.6. The zero-order valence-electron chi connectivity index (χ0n) is 21.7. The molecule has 0 saturated carbocycles. The monoisotopic (exact) mass is 547 g/mol.